The predicted molar refractivity (Wildman–Crippen MR) is 105 cm³/mol. The molecule has 1 fully saturated rings. The first-order chi connectivity index (χ1) is 13.0. The van der Waals surface area contributed by atoms with Gasteiger partial charge in [-0.2, -0.15) is 0 Å². The third kappa shape index (κ3) is 5.79. The first-order valence-electron chi connectivity index (χ1n) is 9.26. The summed E-state index contributed by atoms with van der Waals surface area (Å²) >= 11 is 5.96. The SMILES string of the molecule is O=C(CC[C@@]1(Cc2ccc(Cl)cc2)CCC(=O)N1)NCCc1cccnc1. The normalized spacial score (nSPS) is 18.9. The lowest BCUT2D eigenvalue weighted by Crippen LogP contribution is -2.44. The van der Waals surface area contributed by atoms with Gasteiger partial charge in [0.1, 0.15) is 0 Å². The molecule has 1 aromatic carbocycles. The average molecular weight is 386 g/mol. The molecule has 1 aromatic heterocycles. The second-order valence-corrected chi connectivity index (χ2v) is 7.53. The van der Waals surface area contributed by atoms with Crippen molar-refractivity contribution in [3.8, 4) is 0 Å². The number of benzene rings is 1. The number of carbonyl (C=O) groups excluding carboxylic acids is 2. The molecule has 2 heterocycles. The molecule has 27 heavy (non-hydrogen) atoms. The molecule has 3 rings (SSSR count). The highest BCUT2D eigenvalue weighted by atomic mass is 35.5. The summed E-state index contributed by atoms with van der Waals surface area (Å²) in [4.78, 5) is 28.2. The largest absolute Gasteiger partial charge is 0.356 e. The fraction of sp³-hybridized carbons (Fsp3) is 0.381. The van der Waals surface area contributed by atoms with E-state index in [1.54, 1.807) is 12.4 Å². The van der Waals surface area contributed by atoms with Crippen molar-refractivity contribution in [1.82, 2.24) is 15.6 Å². The van der Waals surface area contributed by atoms with E-state index in [1.165, 1.54) is 0 Å². The van der Waals surface area contributed by atoms with Gasteiger partial charge in [0.2, 0.25) is 11.8 Å². The molecule has 142 valence electrons. The molecule has 2 aromatic rings. The van der Waals surface area contributed by atoms with E-state index in [4.69, 9.17) is 11.6 Å². The summed E-state index contributed by atoms with van der Waals surface area (Å²) in [6.45, 7) is 0.584. The summed E-state index contributed by atoms with van der Waals surface area (Å²) in [6.07, 6.45) is 7.28. The first-order valence-corrected chi connectivity index (χ1v) is 9.64. The smallest absolute Gasteiger partial charge is 0.220 e. The maximum Gasteiger partial charge on any atom is 0.220 e. The van der Waals surface area contributed by atoms with Gasteiger partial charge in [-0.25, -0.2) is 0 Å². The molecule has 0 bridgehead atoms. The number of carbonyl (C=O) groups is 2. The van der Waals surface area contributed by atoms with Crippen molar-refractivity contribution in [2.45, 2.75) is 44.1 Å². The summed E-state index contributed by atoms with van der Waals surface area (Å²) in [6, 6.07) is 11.5. The Morgan fingerprint density at radius 3 is 2.70 bits per heavy atom. The fourth-order valence-electron chi connectivity index (χ4n) is 3.51. The van der Waals surface area contributed by atoms with Crippen molar-refractivity contribution >= 4 is 23.4 Å². The van der Waals surface area contributed by atoms with E-state index in [2.05, 4.69) is 15.6 Å². The van der Waals surface area contributed by atoms with Crippen LogP contribution in [0.4, 0.5) is 0 Å². The summed E-state index contributed by atoms with van der Waals surface area (Å²) in [5.74, 6) is 0.0662. The lowest BCUT2D eigenvalue weighted by molar-refractivity contribution is -0.122. The van der Waals surface area contributed by atoms with Crippen LogP contribution in [0.25, 0.3) is 0 Å². The van der Waals surface area contributed by atoms with Crippen molar-refractivity contribution in [3.63, 3.8) is 0 Å². The molecular formula is C21H24ClN3O2. The van der Waals surface area contributed by atoms with E-state index in [0.717, 1.165) is 24.0 Å². The molecule has 1 aliphatic heterocycles. The number of nitrogens with one attached hydrogen (secondary N) is 2. The van der Waals surface area contributed by atoms with Gasteiger partial charge in [0.25, 0.3) is 0 Å². The molecular weight excluding hydrogens is 362 g/mol. The molecule has 6 heteroatoms. The number of aromatic nitrogens is 1. The fourth-order valence-corrected chi connectivity index (χ4v) is 3.63. The lowest BCUT2D eigenvalue weighted by atomic mass is 9.85. The maximum atomic E-state index is 12.3. The lowest BCUT2D eigenvalue weighted by Gasteiger charge is -2.29. The van der Waals surface area contributed by atoms with Crippen molar-refractivity contribution in [2.75, 3.05) is 6.54 Å². The van der Waals surface area contributed by atoms with Crippen LogP contribution in [0, 0.1) is 0 Å². The first kappa shape index (κ1) is 19.4. The summed E-state index contributed by atoms with van der Waals surface area (Å²) in [5.41, 5.74) is 1.85. The highest BCUT2D eigenvalue weighted by molar-refractivity contribution is 6.30. The van der Waals surface area contributed by atoms with Gasteiger partial charge in [0.15, 0.2) is 0 Å². The number of hydrogen-bond acceptors (Lipinski definition) is 3. The van der Waals surface area contributed by atoms with Crippen LogP contribution in [0.1, 0.15) is 36.8 Å². The van der Waals surface area contributed by atoms with E-state index >= 15 is 0 Å². The van der Waals surface area contributed by atoms with Gasteiger partial charge in [-0.3, -0.25) is 14.6 Å². The molecule has 1 aliphatic rings. The third-order valence-electron chi connectivity index (χ3n) is 4.98. The second-order valence-electron chi connectivity index (χ2n) is 7.09. The van der Waals surface area contributed by atoms with Gasteiger partial charge < -0.3 is 10.6 Å². The summed E-state index contributed by atoms with van der Waals surface area (Å²) in [7, 11) is 0. The number of amides is 2. The number of nitrogens with zero attached hydrogens (tertiary/aromatic N) is 1. The Morgan fingerprint density at radius 1 is 1.22 bits per heavy atom. The summed E-state index contributed by atoms with van der Waals surface area (Å²) < 4.78 is 0. The van der Waals surface area contributed by atoms with Crippen molar-refractivity contribution in [3.05, 3.63) is 64.9 Å². The Kier molecular flexibility index (Phi) is 6.45. The Labute approximate surface area is 164 Å². The molecule has 0 radical (unpaired) electrons. The molecule has 0 aliphatic carbocycles. The van der Waals surface area contributed by atoms with E-state index in [-0.39, 0.29) is 17.4 Å². The molecule has 0 spiro atoms. The van der Waals surface area contributed by atoms with E-state index in [0.29, 0.717) is 37.3 Å². The molecule has 2 N–H and O–H groups in total. The van der Waals surface area contributed by atoms with Crippen LogP contribution in [0.3, 0.4) is 0 Å². The van der Waals surface area contributed by atoms with Crippen molar-refractivity contribution in [2.24, 2.45) is 0 Å². The van der Waals surface area contributed by atoms with E-state index in [1.807, 2.05) is 36.4 Å². The number of hydrogen-bond donors (Lipinski definition) is 2. The second kappa shape index (κ2) is 9.00. The average Bonchev–Trinajstić information content (AvgIpc) is 3.04. The van der Waals surface area contributed by atoms with Crippen LogP contribution >= 0.6 is 11.6 Å². The zero-order valence-electron chi connectivity index (χ0n) is 15.2. The quantitative estimate of drug-likeness (QED) is 0.733. The van der Waals surface area contributed by atoms with Crippen LogP contribution in [0.5, 0.6) is 0 Å². The van der Waals surface area contributed by atoms with Crippen LogP contribution in [-0.4, -0.2) is 28.9 Å². The minimum atomic E-state index is -0.356. The van der Waals surface area contributed by atoms with Crippen molar-refractivity contribution < 1.29 is 9.59 Å². The van der Waals surface area contributed by atoms with Crippen LogP contribution in [0.15, 0.2) is 48.8 Å². The monoisotopic (exact) mass is 385 g/mol. The Balaban J connectivity index is 1.51. The number of rotatable bonds is 8. The predicted octanol–water partition coefficient (Wildman–Crippen LogP) is 3.07. The Hall–Kier alpha value is -2.40. The van der Waals surface area contributed by atoms with Crippen LogP contribution in [-0.2, 0) is 22.4 Å². The topological polar surface area (TPSA) is 71.1 Å². The van der Waals surface area contributed by atoms with E-state index in [9.17, 15) is 9.59 Å². The van der Waals surface area contributed by atoms with Gasteiger partial charge >= 0.3 is 0 Å². The Bertz CT molecular complexity index is 780. The van der Waals surface area contributed by atoms with E-state index < -0.39 is 0 Å². The van der Waals surface area contributed by atoms with Crippen molar-refractivity contribution in [1.29, 1.82) is 0 Å². The molecule has 5 nitrogen and oxygen atoms in total. The van der Waals surface area contributed by atoms with Gasteiger partial charge in [-0.15, -0.1) is 0 Å². The van der Waals surface area contributed by atoms with Crippen LogP contribution in [0.2, 0.25) is 5.02 Å². The highest BCUT2D eigenvalue weighted by Gasteiger charge is 2.37. The minimum Gasteiger partial charge on any atom is -0.356 e. The maximum absolute atomic E-state index is 12.3. The van der Waals surface area contributed by atoms with Gasteiger partial charge in [0.05, 0.1) is 0 Å². The molecule has 2 amide bonds. The zero-order chi connectivity index (χ0) is 19.1. The molecule has 1 atom stereocenters. The minimum absolute atomic E-state index is 0.00974. The zero-order valence-corrected chi connectivity index (χ0v) is 16.0. The van der Waals surface area contributed by atoms with Gasteiger partial charge in [-0.1, -0.05) is 29.8 Å². The van der Waals surface area contributed by atoms with Crippen LogP contribution < -0.4 is 10.6 Å². The molecule has 0 unspecified atom stereocenters. The van der Waals surface area contributed by atoms with Gasteiger partial charge in [-0.05, 0) is 55.0 Å². The summed E-state index contributed by atoms with van der Waals surface area (Å²) in [5, 5.41) is 6.76. The highest BCUT2D eigenvalue weighted by Crippen LogP contribution is 2.30. The standard InChI is InChI=1S/C21H24ClN3O2/c22-18-5-3-16(4-6-18)14-21(11-8-20(27)25-21)10-7-19(26)24-13-9-17-2-1-12-23-15-17/h1-6,12,15H,7-11,13-14H2,(H,24,26)(H,25,27)/t21-/m0/s1. The third-order valence-corrected chi connectivity index (χ3v) is 5.23. The molecule has 1 saturated heterocycles. The van der Waals surface area contributed by atoms with Gasteiger partial charge in [0, 0.05) is 42.3 Å². The Morgan fingerprint density at radius 2 is 2.04 bits per heavy atom. The molecule has 0 saturated carbocycles. The number of pyridine rings is 1. The number of halogens is 1.